The Labute approximate surface area is 141 Å². The minimum absolute atomic E-state index is 0.0854. The minimum Gasteiger partial charge on any atom is -0.480 e. The van der Waals surface area contributed by atoms with Gasteiger partial charge < -0.3 is 9.47 Å². The number of nitrogens with zero attached hydrogens (tertiary/aromatic N) is 1. The van der Waals surface area contributed by atoms with E-state index in [1.54, 1.807) is 18.3 Å². The van der Waals surface area contributed by atoms with Crippen LogP contribution in [0, 0.1) is 0 Å². The van der Waals surface area contributed by atoms with Gasteiger partial charge in [0.1, 0.15) is 11.3 Å². The molecule has 0 aliphatic rings. The highest BCUT2D eigenvalue weighted by Crippen LogP contribution is 2.29. The highest BCUT2D eigenvalue weighted by molar-refractivity contribution is 6.35. The standard InChI is InChI=1S/C18H22ClNO3/c1-3-4-5-7-13(2)23-17(21)12-22-16-10-9-15(19)14-8-6-11-20-18(14)16/h6,8-11,13H,3-5,7,12H2,1-2H3/t13-/m0/s1. The van der Waals surface area contributed by atoms with Gasteiger partial charge in [0.05, 0.1) is 11.1 Å². The van der Waals surface area contributed by atoms with E-state index in [0.29, 0.717) is 16.3 Å². The average molecular weight is 336 g/mol. The molecule has 2 aromatic rings. The smallest absolute Gasteiger partial charge is 0.344 e. The molecular weight excluding hydrogens is 314 g/mol. The molecule has 0 aliphatic heterocycles. The van der Waals surface area contributed by atoms with Crippen LogP contribution < -0.4 is 4.74 Å². The number of carbonyl (C=O) groups is 1. The molecule has 23 heavy (non-hydrogen) atoms. The van der Waals surface area contributed by atoms with Crippen molar-refractivity contribution < 1.29 is 14.3 Å². The van der Waals surface area contributed by atoms with Gasteiger partial charge in [0, 0.05) is 11.6 Å². The van der Waals surface area contributed by atoms with Crippen molar-refractivity contribution in [2.75, 3.05) is 6.61 Å². The summed E-state index contributed by atoms with van der Waals surface area (Å²) in [4.78, 5) is 16.1. The lowest BCUT2D eigenvalue weighted by atomic mass is 10.1. The molecule has 0 saturated heterocycles. The highest BCUT2D eigenvalue weighted by Gasteiger charge is 2.12. The number of ether oxygens (including phenoxy) is 2. The summed E-state index contributed by atoms with van der Waals surface area (Å²) in [7, 11) is 0. The number of benzene rings is 1. The van der Waals surface area contributed by atoms with Crippen molar-refractivity contribution in [3.8, 4) is 5.75 Å². The van der Waals surface area contributed by atoms with E-state index in [0.717, 1.165) is 31.1 Å². The maximum Gasteiger partial charge on any atom is 0.344 e. The van der Waals surface area contributed by atoms with Crippen molar-refractivity contribution in [3.05, 3.63) is 35.5 Å². The lowest BCUT2D eigenvalue weighted by molar-refractivity contribution is -0.150. The zero-order valence-corrected chi connectivity index (χ0v) is 14.3. The summed E-state index contributed by atoms with van der Waals surface area (Å²) in [5.74, 6) is 0.161. The molecule has 0 unspecified atom stereocenters. The lowest BCUT2D eigenvalue weighted by Crippen LogP contribution is -2.20. The first-order valence-electron chi connectivity index (χ1n) is 7.97. The fourth-order valence-electron chi connectivity index (χ4n) is 2.36. The molecule has 1 aromatic carbocycles. The highest BCUT2D eigenvalue weighted by atomic mass is 35.5. The van der Waals surface area contributed by atoms with Crippen LogP contribution in [0.15, 0.2) is 30.5 Å². The van der Waals surface area contributed by atoms with Gasteiger partial charge in [0.2, 0.25) is 0 Å². The van der Waals surface area contributed by atoms with Crippen LogP contribution in [0.3, 0.4) is 0 Å². The zero-order chi connectivity index (χ0) is 16.7. The molecule has 5 heteroatoms. The Bertz CT molecular complexity index is 660. The summed E-state index contributed by atoms with van der Waals surface area (Å²) >= 11 is 6.13. The molecule has 0 bridgehead atoms. The van der Waals surface area contributed by atoms with Gasteiger partial charge >= 0.3 is 5.97 Å². The van der Waals surface area contributed by atoms with Gasteiger partial charge in [-0.15, -0.1) is 0 Å². The second-order valence-electron chi connectivity index (χ2n) is 5.53. The number of fused-ring (bicyclic) bond motifs is 1. The van der Waals surface area contributed by atoms with Crippen LogP contribution >= 0.6 is 11.6 Å². The summed E-state index contributed by atoms with van der Waals surface area (Å²) in [5, 5.41) is 1.40. The average Bonchev–Trinajstić information content (AvgIpc) is 2.55. The molecule has 1 heterocycles. The molecule has 0 spiro atoms. The number of hydrogen-bond donors (Lipinski definition) is 0. The number of carbonyl (C=O) groups excluding carboxylic acids is 1. The maximum atomic E-state index is 11.9. The fraction of sp³-hybridized carbons (Fsp3) is 0.444. The quantitative estimate of drug-likeness (QED) is 0.514. The SMILES string of the molecule is CCCCC[C@H](C)OC(=O)COc1ccc(Cl)c2cccnc12. The number of pyridine rings is 1. The molecule has 0 radical (unpaired) electrons. The molecule has 0 N–H and O–H groups in total. The lowest BCUT2D eigenvalue weighted by Gasteiger charge is -2.14. The van der Waals surface area contributed by atoms with Crippen molar-refractivity contribution in [2.45, 2.75) is 45.6 Å². The van der Waals surface area contributed by atoms with E-state index in [-0.39, 0.29) is 18.7 Å². The maximum absolute atomic E-state index is 11.9. The summed E-state index contributed by atoms with van der Waals surface area (Å²) in [6, 6.07) is 7.13. The zero-order valence-electron chi connectivity index (χ0n) is 13.5. The van der Waals surface area contributed by atoms with E-state index in [9.17, 15) is 4.79 Å². The molecule has 2 rings (SSSR count). The molecule has 0 amide bonds. The minimum atomic E-state index is -0.368. The number of unbranched alkanes of at least 4 members (excludes halogenated alkanes) is 2. The third kappa shape index (κ3) is 5.10. The van der Waals surface area contributed by atoms with E-state index in [2.05, 4.69) is 11.9 Å². The number of rotatable bonds is 8. The monoisotopic (exact) mass is 335 g/mol. The number of aromatic nitrogens is 1. The van der Waals surface area contributed by atoms with Gasteiger partial charge in [-0.2, -0.15) is 0 Å². The van der Waals surface area contributed by atoms with Crippen LogP contribution in [0.25, 0.3) is 10.9 Å². The van der Waals surface area contributed by atoms with E-state index >= 15 is 0 Å². The van der Waals surface area contributed by atoms with Gasteiger partial charge in [-0.3, -0.25) is 4.98 Å². The van der Waals surface area contributed by atoms with Crippen molar-refractivity contribution in [2.24, 2.45) is 0 Å². The Hall–Kier alpha value is -1.81. The number of halogens is 1. The third-order valence-electron chi connectivity index (χ3n) is 3.57. The van der Waals surface area contributed by atoms with Gasteiger partial charge in [0.25, 0.3) is 0 Å². The second-order valence-corrected chi connectivity index (χ2v) is 5.94. The van der Waals surface area contributed by atoms with Gasteiger partial charge in [-0.25, -0.2) is 4.79 Å². The van der Waals surface area contributed by atoms with Crippen molar-refractivity contribution in [1.82, 2.24) is 4.98 Å². The normalized spacial score (nSPS) is 12.1. The molecule has 4 nitrogen and oxygen atoms in total. The van der Waals surface area contributed by atoms with Crippen LogP contribution in [0.5, 0.6) is 5.75 Å². The summed E-state index contributed by atoms with van der Waals surface area (Å²) in [5.41, 5.74) is 0.642. The molecule has 0 aliphatic carbocycles. The topological polar surface area (TPSA) is 48.4 Å². The molecule has 0 saturated carbocycles. The second kappa shape index (κ2) is 8.73. The van der Waals surface area contributed by atoms with E-state index in [1.165, 1.54) is 0 Å². The van der Waals surface area contributed by atoms with Crippen LogP contribution in [0.2, 0.25) is 5.02 Å². The Balaban J connectivity index is 1.91. The Kier molecular flexibility index (Phi) is 6.66. The first-order chi connectivity index (χ1) is 11.1. The first-order valence-corrected chi connectivity index (χ1v) is 8.35. The Morgan fingerprint density at radius 3 is 2.91 bits per heavy atom. The predicted octanol–water partition coefficient (Wildman–Crippen LogP) is 4.78. The Morgan fingerprint density at radius 2 is 2.13 bits per heavy atom. The van der Waals surface area contributed by atoms with E-state index in [1.807, 2.05) is 19.1 Å². The first kappa shape index (κ1) is 17.5. The Morgan fingerprint density at radius 1 is 1.30 bits per heavy atom. The molecular formula is C18H22ClNO3. The van der Waals surface area contributed by atoms with Gasteiger partial charge in [-0.1, -0.05) is 31.4 Å². The number of hydrogen-bond acceptors (Lipinski definition) is 4. The van der Waals surface area contributed by atoms with Crippen LogP contribution in [-0.2, 0) is 9.53 Å². The van der Waals surface area contributed by atoms with Gasteiger partial charge in [0.15, 0.2) is 6.61 Å². The summed E-state index contributed by atoms with van der Waals surface area (Å²) in [6.07, 6.45) is 5.83. The third-order valence-corrected chi connectivity index (χ3v) is 3.90. The van der Waals surface area contributed by atoms with Crippen molar-refractivity contribution >= 4 is 28.5 Å². The van der Waals surface area contributed by atoms with Crippen molar-refractivity contribution in [1.29, 1.82) is 0 Å². The van der Waals surface area contributed by atoms with Gasteiger partial charge in [-0.05, 0) is 44.0 Å². The predicted molar refractivity (Wildman–Crippen MR) is 91.9 cm³/mol. The van der Waals surface area contributed by atoms with E-state index in [4.69, 9.17) is 21.1 Å². The van der Waals surface area contributed by atoms with E-state index < -0.39 is 0 Å². The summed E-state index contributed by atoms with van der Waals surface area (Å²) in [6.45, 7) is 3.92. The number of esters is 1. The molecule has 1 aromatic heterocycles. The summed E-state index contributed by atoms with van der Waals surface area (Å²) < 4.78 is 10.9. The molecule has 0 fully saturated rings. The molecule has 124 valence electrons. The van der Waals surface area contributed by atoms with Crippen LogP contribution in [0.1, 0.15) is 39.5 Å². The largest absolute Gasteiger partial charge is 0.480 e. The van der Waals surface area contributed by atoms with Crippen molar-refractivity contribution in [3.63, 3.8) is 0 Å². The van der Waals surface area contributed by atoms with Crippen LogP contribution in [-0.4, -0.2) is 23.7 Å². The van der Waals surface area contributed by atoms with Crippen LogP contribution in [0.4, 0.5) is 0 Å². The fourth-order valence-corrected chi connectivity index (χ4v) is 2.58. The molecule has 1 atom stereocenters.